The van der Waals surface area contributed by atoms with E-state index in [9.17, 15) is 20.1 Å². The third-order valence-electron chi connectivity index (χ3n) is 4.26. The van der Waals surface area contributed by atoms with Crippen LogP contribution in [-0.2, 0) is 0 Å². The molecule has 166 valence electrons. The van der Waals surface area contributed by atoms with E-state index in [1.165, 1.54) is 30.3 Å². The number of pyridine rings is 1. The number of nitrogens with zero attached hydrogens (tertiary/aromatic N) is 6. The van der Waals surface area contributed by atoms with Crippen LogP contribution in [0, 0.1) is 22.7 Å². The number of hydrogen-bond donors (Lipinski definition) is 1. The smallest absolute Gasteiger partial charge is 0.313 e. The fraction of sp³-hybridized carbons (Fsp3) is 0. The third kappa shape index (κ3) is 5.43. The number of benzene rings is 2. The Labute approximate surface area is 204 Å². The highest BCUT2D eigenvalue weighted by Gasteiger charge is 2.22. The Kier molecular flexibility index (Phi) is 7.67. The predicted octanol–water partition coefficient (Wildman–Crippen LogP) is 3.79. The Hall–Kier alpha value is -4.57. The van der Waals surface area contributed by atoms with Crippen molar-refractivity contribution >= 4 is 46.4 Å². The van der Waals surface area contributed by atoms with Gasteiger partial charge in [0.2, 0.25) is 0 Å². The zero-order valence-electron chi connectivity index (χ0n) is 17.2. The lowest BCUT2D eigenvalue weighted by molar-refractivity contribution is 0.0760. The summed E-state index contributed by atoms with van der Waals surface area (Å²) < 4.78 is 0. The van der Waals surface area contributed by atoms with E-state index in [0.29, 0.717) is 5.12 Å². The molecule has 11 heteroatoms. The molecule has 1 heterocycles. The Bertz CT molecular complexity index is 1350. The Balaban J connectivity index is 2.20. The number of aromatic nitrogens is 1. The van der Waals surface area contributed by atoms with Crippen LogP contribution in [0.3, 0.4) is 0 Å². The van der Waals surface area contributed by atoms with Crippen molar-refractivity contribution in [2.45, 2.75) is 0 Å². The van der Waals surface area contributed by atoms with Crippen molar-refractivity contribution in [2.24, 2.45) is 15.9 Å². The summed E-state index contributed by atoms with van der Waals surface area (Å²) in [6, 6.07) is 20.5. The summed E-state index contributed by atoms with van der Waals surface area (Å²) in [4.78, 5) is 28.7. The van der Waals surface area contributed by atoms with Crippen molar-refractivity contribution in [1.82, 2.24) is 10.1 Å². The first-order valence-corrected chi connectivity index (χ1v) is 10.2. The van der Waals surface area contributed by atoms with Crippen LogP contribution in [0.25, 0.3) is 0 Å². The van der Waals surface area contributed by atoms with Gasteiger partial charge in [-0.3, -0.25) is 9.59 Å². The summed E-state index contributed by atoms with van der Waals surface area (Å²) in [6.07, 6.45) is 0. The van der Waals surface area contributed by atoms with Crippen LogP contribution >= 0.6 is 23.2 Å². The van der Waals surface area contributed by atoms with E-state index in [2.05, 4.69) is 15.2 Å². The zero-order valence-corrected chi connectivity index (χ0v) is 18.7. The van der Waals surface area contributed by atoms with E-state index < -0.39 is 11.8 Å². The molecule has 2 aromatic carbocycles. The minimum atomic E-state index is -0.942. The average molecular weight is 490 g/mol. The first kappa shape index (κ1) is 24.1. The summed E-state index contributed by atoms with van der Waals surface area (Å²) in [7, 11) is 0. The first-order valence-electron chi connectivity index (χ1n) is 9.44. The van der Waals surface area contributed by atoms with Crippen molar-refractivity contribution in [1.29, 1.82) is 10.5 Å². The Morgan fingerprint density at radius 2 is 1.26 bits per heavy atom. The largest absolute Gasteiger partial charge is 0.364 e. The number of carbonyl (C=O) groups excluding carboxylic acids is 2. The molecular formula is C23H13Cl2N7O2. The van der Waals surface area contributed by atoms with Gasteiger partial charge in [-0.2, -0.15) is 10.5 Å². The van der Waals surface area contributed by atoms with Crippen LogP contribution in [0.4, 0.5) is 0 Å². The van der Waals surface area contributed by atoms with Gasteiger partial charge in [0, 0.05) is 11.1 Å². The van der Waals surface area contributed by atoms with Crippen LogP contribution in [0.15, 0.2) is 76.9 Å². The highest BCUT2D eigenvalue weighted by atomic mass is 35.5. The number of rotatable bonds is 6. The van der Waals surface area contributed by atoms with Gasteiger partial charge < -0.3 is 5.73 Å². The molecule has 9 nitrogen and oxygen atoms in total. The first-order chi connectivity index (χ1) is 16.3. The topological polar surface area (TPSA) is 149 Å². The van der Waals surface area contributed by atoms with E-state index in [4.69, 9.17) is 28.9 Å². The summed E-state index contributed by atoms with van der Waals surface area (Å²) >= 11 is 12.4. The molecule has 0 aliphatic heterocycles. The van der Waals surface area contributed by atoms with Gasteiger partial charge in [0.05, 0.1) is 10.0 Å². The fourth-order valence-corrected chi connectivity index (χ4v) is 3.13. The van der Waals surface area contributed by atoms with Gasteiger partial charge in [-0.05, 0) is 24.3 Å². The number of carbonyl (C=O) groups is 2. The maximum absolute atomic E-state index is 13.3. The number of nitriles is 2. The summed E-state index contributed by atoms with van der Waals surface area (Å²) in [6.45, 7) is 0. The fourth-order valence-electron chi connectivity index (χ4n) is 2.68. The number of nitrogens with two attached hydrogens (primary N) is 1. The lowest BCUT2D eigenvalue weighted by Gasteiger charge is -2.13. The number of halogens is 2. The molecule has 0 aliphatic carbocycles. The van der Waals surface area contributed by atoms with Crippen molar-refractivity contribution < 1.29 is 9.59 Å². The second kappa shape index (κ2) is 10.8. The Morgan fingerprint density at radius 1 is 0.794 bits per heavy atom. The van der Waals surface area contributed by atoms with Crippen LogP contribution in [0.5, 0.6) is 0 Å². The number of hydrazone groups is 2. The van der Waals surface area contributed by atoms with Gasteiger partial charge in [0.1, 0.15) is 23.5 Å². The van der Waals surface area contributed by atoms with Crippen LogP contribution < -0.4 is 5.73 Å². The molecule has 34 heavy (non-hydrogen) atoms. The molecule has 3 rings (SSSR count). The molecule has 0 aliphatic rings. The van der Waals surface area contributed by atoms with Crippen molar-refractivity contribution in [3.63, 3.8) is 0 Å². The highest BCUT2D eigenvalue weighted by molar-refractivity contribution is 6.36. The standard InChI is InChI=1S/C23H13Cl2N7O2/c24-16-8-3-1-6-14(16)20(12-26)30-32(23(34)19-11-5-10-18(29-19)22(28)33)31-21(13-27)15-7-2-4-9-17(15)25/h1-11H,(H2,28,33)/b30-20-,31-21-. The maximum Gasteiger partial charge on any atom is 0.313 e. The molecule has 0 unspecified atom stereocenters. The van der Waals surface area contributed by atoms with Gasteiger partial charge in [-0.15, -0.1) is 15.3 Å². The summed E-state index contributed by atoms with van der Waals surface area (Å²) in [5.41, 5.74) is 4.77. The molecule has 0 saturated carbocycles. The van der Waals surface area contributed by atoms with Crippen molar-refractivity contribution in [3.05, 3.63) is 99.3 Å². The SMILES string of the molecule is N#C/C(=N/N(/N=C(/C#N)c1ccccc1Cl)C(=O)c1cccc(C(N)=O)n1)c1ccccc1Cl. The van der Waals surface area contributed by atoms with Crippen LogP contribution in [0.1, 0.15) is 32.1 Å². The minimum absolute atomic E-state index is 0.169. The van der Waals surface area contributed by atoms with Crippen molar-refractivity contribution in [3.8, 4) is 12.1 Å². The van der Waals surface area contributed by atoms with Crippen LogP contribution in [-0.4, -0.2) is 33.3 Å². The highest BCUT2D eigenvalue weighted by Crippen LogP contribution is 2.19. The number of amides is 2. The van der Waals surface area contributed by atoms with E-state index in [1.807, 2.05) is 12.1 Å². The molecule has 0 bridgehead atoms. The molecular weight excluding hydrogens is 477 g/mol. The van der Waals surface area contributed by atoms with Gasteiger partial charge in [-0.1, -0.05) is 65.7 Å². The lowest BCUT2D eigenvalue weighted by atomic mass is 10.1. The maximum atomic E-state index is 13.3. The Morgan fingerprint density at radius 3 is 1.71 bits per heavy atom. The quantitative estimate of drug-likeness (QED) is 0.412. The molecule has 0 saturated heterocycles. The van der Waals surface area contributed by atoms with Gasteiger partial charge in [0.25, 0.3) is 5.91 Å². The van der Waals surface area contributed by atoms with Gasteiger partial charge in [0.15, 0.2) is 11.4 Å². The van der Waals surface area contributed by atoms with Crippen molar-refractivity contribution in [2.75, 3.05) is 0 Å². The normalized spacial score (nSPS) is 11.3. The van der Waals surface area contributed by atoms with Gasteiger partial charge in [-0.25, -0.2) is 4.98 Å². The lowest BCUT2D eigenvalue weighted by Crippen LogP contribution is -2.26. The van der Waals surface area contributed by atoms with E-state index in [-0.39, 0.29) is 44.0 Å². The predicted molar refractivity (Wildman–Crippen MR) is 126 cm³/mol. The van der Waals surface area contributed by atoms with E-state index in [0.717, 1.165) is 0 Å². The summed E-state index contributed by atoms with van der Waals surface area (Å²) in [5.74, 6) is -1.79. The van der Waals surface area contributed by atoms with Crippen LogP contribution in [0.2, 0.25) is 10.0 Å². The molecule has 2 amide bonds. The van der Waals surface area contributed by atoms with E-state index in [1.54, 1.807) is 36.4 Å². The van der Waals surface area contributed by atoms with Gasteiger partial charge >= 0.3 is 5.91 Å². The van der Waals surface area contributed by atoms with E-state index >= 15 is 0 Å². The minimum Gasteiger partial charge on any atom is -0.364 e. The number of hydrogen-bond acceptors (Lipinski definition) is 7. The third-order valence-corrected chi connectivity index (χ3v) is 4.92. The molecule has 2 N–H and O–H groups in total. The molecule has 0 spiro atoms. The molecule has 3 aromatic rings. The average Bonchev–Trinajstić information content (AvgIpc) is 2.85. The molecule has 1 aromatic heterocycles. The second-order valence-corrected chi connectivity index (χ2v) is 7.26. The zero-order chi connectivity index (χ0) is 24.7. The molecule has 0 fully saturated rings. The number of primary amides is 1. The second-order valence-electron chi connectivity index (χ2n) is 6.45. The molecule has 0 atom stereocenters. The monoisotopic (exact) mass is 489 g/mol. The molecule has 0 radical (unpaired) electrons. The summed E-state index contributed by atoms with van der Waals surface area (Å²) in [5, 5.41) is 28.4.